The number of benzene rings is 2. The van der Waals surface area contributed by atoms with Crippen LogP contribution in [0.4, 0.5) is 0 Å². The number of fused-ring (bicyclic) bond motifs is 3. The zero-order valence-corrected chi connectivity index (χ0v) is 19.0. The lowest BCUT2D eigenvalue weighted by Crippen LogP contribution is -2.46. The van der Waals surface area contributed by atoms with E-state index in [1.54, 1.807) is 6.20 Å². The van der Waals surface area contributed by atoms with Gasteiger partial charge in [0.2, 0.25) is 5.91 Å². The first kappa shape index (κ1) is 21.4. The first-order valence-corrected chi connectivity index (χ1v) is 11.6. The number of H-pyrrole nitrogens is 1. The number of ketones is 1. The summed E-state index contributed by atoms with van der Waals surface area (Å²) in [5, 5.41) is 1.18. The average molecular weight is 458 g/mol. The average Bonchev–Trinajstić information content (AvgIpc) is 3.21. The summed E-state index contributed by atoms with van der Waals surface area (Å²) in [6.07, 6.45) is 2.71. The second-order valence-electron chi connectivity index (χ2n) is 8.50. The number of carbonyl (C=O) groups excluding carboxylic acids is 2. The predicted octanol–water partition coefficient (Wildman–Crippen LogP) is 5.09. The molecule has 4 aromatic rings. The number of carbonyl (C=O) groups is 2. The van der Waals surface area contributed by atoms with Gasteiger partial charge in [-0.2, -0.15) is 0 Å². The lowest BCUT2D eigenvalue weighted by atomic mass is 9.88. The lowest BCUT2D eigenvalue weighted by Gasteiger charge is -2.40. The molecule has 0 bridgehead atoms. The zero-order chi connectivity index (χ0) is 22.9. The maximum absolute atomic E-state index is 12.9. The van der Waals surface area contributed by atoms with Crippen LogP contribution in [0.3, 0.4) is 0 Å². The third-order valence-corrected chi connectivity index (χ3v) is 6.62. The van der Waals surface area contributed by atoms with Crippen LogP contribution in [-0.2, 0) is 17.6 Å². The predicted molar refractivity (Wildman–Crippen MR) is 130 cm³/mol. The topological polar surface area (TPSA) is 66.1 Å². The zero-order valence-electron chi connectivity index (χ0n) is 18.3. The van der Waals surface area contributed by atoms with Crippen molar-refractivity contribution in [3.8, 4) is 0 Å². The number of halogens is 1. The number of alkyl halides is 1. The monoisotopic (exact) mass is 457 g/mol. The number of hydrogen-bond acceptors (Lipinski definition) is 3. The molecule has 5 nitrogen and oxygen atoms in total. The molecular weight excluding hydrogens is 434 g/mol. The van der Waals surface area contributed by atoms with Crippen molar-refractivity contribution in [2.75, 3.05) is 5.88 Å². The van der Waals surface area contributed by atoms with Crippen LogP contribution in [0.25, 0.3) is 10.9 Å². The molecule has 1 aliphatic rings. The van der Waals surface area contributed by atoms with Gasteiger partial charge in [0.1, 0.15) is 5.88 Å². The quantitative estimate of drug-likeness (QED) is 0.335. The van der Waals surface area contributed by atoms with Crippen molar-refractivity contribution in [1.82, 2.24) is 14.9 Å². The van der Waals surface area contributed by atoms with Gasteiger partial charge in [0.05, 0.1) is 12.5 Å². The molecule has 0 radical (unpaired) electrons. The molecule has 3 heterocycles. The summed E-state index contributed by atoms with van der Waals surface area (Å²) in [4.78, 5) is 35.3. The van der Waals surface area contributed by atoms with E-state index in [0.29, 0.717) is 5.56 Å². The maximum atomic E-state index is 12.9. The Kier molecular flexibility index (Phi) is 5.73. The standard InChI is InChI=1S/C27H24ClN3O2/c1-17-14-22-21-7-2-3-8-23(21)30-26(22)27(31(17)25(33)16-28)19-11-9-18(10-12-19)24(32)15-20-6-4-5-13-29-20/h2-13,17,27,30H,14-16H2,1H3/t17-,27+/m0/s1. The van der Waals surface area contributed by atoms with Gasteiger partial charge in [-0.1, -0.05) is 48.5 Å². The van der Waals surface area contributed by atoms with Crippen molar-refractivity contribution in [3.05, 3.63) is 101 Å². The summed E-state index contributed by atoms with van der Waals surface area (Å²) in [6, 6.07) is 21.1. The Labute approximate surface area is 197 Å². The Balaban J connectivity index is 1.53. The van der Waals surface area contributed by atoms with Crippen molar-refractivity contribution < 1.29 is 9.59 Å². The van der Waals surface area contributed by atoms with Gasteiger partial charge in [-0.3, -0.25) is 14.6 Å². The molecule has 0 unspecified atom stereocenters. The van der Waals surface area contributed by atoms with Crippen LogP contribution in [0.15, 0.2) is 72.9 Å². The van der Waals surface area contributed by atoms with E-state index in [-0.39, 0.29) is 36.1 Å². The Bertz CT molecular complexity index is 1310. The molecule has 2 aromatic heterocycles. The number of aromatic amines is 1. The maximum Gasteiger partial charge on any atom is 0.238 e. The van der Waals surface area contributed by atoms with E-state index in [4.69, 9.17) is 11.6 Å². The van der Waals surface area contributed by atoms with Gasteiger partial charge in [-0.15, -0.1) is 11.6 Å². The number of Topliss-reactive ketones (excluding diaryl/α,β-unsaturated/α-hetero) is 1. The van der Waals surface area contributed by atoms with Crippen molar-refractivity contribution in [2.24, 2.45) is 0 Å². The molecule has 5 rings (SSSR count). The summed E-state index contributed by atoms with van der Waals surface area (Å²) in [7, 11) is 0. The van der Waals surface area contributed by atoms with Crippen LogP contribution < -0.4 is 0 Å². The first-order valence-electron chi connectivity index (χ1n) is 11.1. The minimum atomic E-state index is -0.289. The van der Waals surface area contributed by atoms with Gasteiger partial charge >= 0.3 is 0 Å². The van der Waals surface area contributed by atoms with Crippen molar-refractivity contribution in [3.63, 3.8) is 0 Å². The molecule has 2 aromatic carbocycles. The Morgan fingerprint density at radius 3 is 2.55 bits per heavy atom. The van der Waals surface area contributed by atoms with Crippen molar-refractivity contribution in [2.45, 2.75) is 31.8 Å². The Hall–Kier alpha value is -3.44. The van der Waals surface area contributed by atoms with Crippen LogP contribution in [-0.4, -0.2) is 38.5 Å². The summed E-state index contributed by atoms with van der Waals surface area (Å²) < 4.78 is 0. The number of aromatic nitrogens is 2. The Morgan fingerprint density at radius 1 is 1.06 bits per heavy atom. The van der Waals surface area contributed by atoms with E-state index in [0.717, 1.165) is 28.9 Å². The number of pyridine rings is 1. The van der Waals surface area contributed by atoms with E-state index in [2.05, 4.69) is 29.0 Å². The molecule has 0 saturated carbocycles. The molecule has 166 valence electrons. The molecule has 33 heavy (non-hydrogen) atoms. The fourth-order valence-electron chi connectivity index (χ4n) is 4.87. The largest absolute Gasteiger partial charge is 0.356 e. The fourth-order valence-corrected chi connectivity index (χ4v) is 5.01. The van der Waals surface area contributed by atoms with Crippen LogP contribution in [0.5, 0.6) is 0 Å². The highest BCUT2D eigenvalue weighted by atomic mass is 35.5. The lowest BCUT2D eigenvalue weighted by molar-refractivity contribution is -0.133. The SMILES string of the molecule is C[C@H]1Cc2c([nH]c3ccccc23)[C@@H](c2ccc(C(=O)Cc3ccccn3)cc2)N1C(=O)CCl. The molecule has 0 aliphatic carbocycles. The van der Waals surface area contributed by atoms with Crippen LogP contribution in [0.1, 0.15) is 45.8 Å². The van der Waals surface area contributed by atoms with Gasteiger partial charge in [-0.25, -0.2) is 0 Å². The van der Waals surface area contributed by atoms with Crippen molar-refractivity contribution in [1.29, 1.82) is 0 Å². The third-order valence-electron chi connectivity index (χ3n) is 6.39. The Morgan fingerprint density at radius 2 is 1.82 bits per heavy atom. The summed E-state index contributed by atoms with van der Waals surface area (Å²) in [5.74, 6) is -0.164. The van der Waals surface area contributed by atoms with Crippen LogP contribution in [0.2, 0.25) is 0 Å². The molecule has 0 fully saturated rings. The van der Waals surface area contributed by atoms with E-state index < -0.39 is 0 Å². The van der Waals surface area contributed by atoms with Crippen LogP contribution in [0, 0.1) is 0 Å². The van der Waals surface area contributed by atoms with Gasteiger partial charge in [0.25, 0.3) is 0 Å². The highest BCUT2D eigenvalue weighted by Gasteiger charge is 2.38. The highest BCUT2D eigenvalue weighted by molar-refractivity contribution is 6.27. The van der Waals surface area contributed by atoms with Crippen LogP contribution >= 0.6 is 11.6 Å². The molecule has 0 saturated heterocycles. The first-order chi connectivity index (χ1) is 16.1. The molecule has 0 spiro atoms. The normalized spacial score (nSPS) is 17.7. The second-order valence-corrected chi connectivity index (χ2v) is 8.76. The number of rotatable bonds is 5. The fraction of sp³-hybridized carbons (Fsp3) is 0.222. The summed E-state index contributed by atoms with van der Waals surface area (Å²) in [6.45, 7) is 2.06. The molecular formula is C27H24ClN3O2. The molecule has 1 N–H and O–H groups in total. The minimum absolute atomic E-state index is 0.00146. The second kappa shape index (κ2) is 8.83. The highest BCUT2D eigenvalue weighted by Crippen LogP contribution is 2.41. The van der Waals surface area contributed by atoms with E-state index in [1.165, 1.54) is 10.9 Å². The number of amides is 1. The van der Waals surface area contributed by atoms with E-state index in [1.807, 2.05) is 59.5 Å². The van der Waals surface area contributed by atoms with Gasteiger partial charge < -0.3 is 9.88 Å². The molecule has 2 atom stereocenters. The molecule has 1 aliphatic heterocycles. The molecule has 1 amide bonds. The summed E-state index contributed by atoms with van der Waals surface area (Å²) >= 11 is 6.00. The van der Waals surface area contributed by atoms with E-state index in [9.17, 15) is 9.59 Å². The van der Waals surface area contributed by atoms with Gasteiger partial charge in [0, 0.05) is 40.1 Å². The molecule has 6 heteroatoms. The summed E-state index contributed by atoms with van der Waals surface area (Å²) in [5.41, 5.74) is 5.62. The number of nitrogens with one attached hydrogen (secondary N) is 1. The van der Waals surface area contributed by atoms with Crippen molar-refractivity contribution >= 4 is 34.2 Å². The van der Waals surface area contributed by atoms with Gasteiger partial charge in [-0.05, 0) is 42.7 Å². The minimum Gasteiger partial charge on any atom is -0.356 e. The van der Waals surface area contributed by atoms with E-state index >= 15 is 0 Å². The number of para-hydroxylation sites is 1. The number of hydrogen-bond donors (Lipinski definition) is 1. The number of nitrogens with zero attached hydrogens (tertiary/aromatic N) is 2. The van der Waals surface area contributed by atoms with Gasteiger partial charge in [0.15, 0.2) is 5.78 Å². The third kappa shape index (κ3) is 3.93. The smallest absolute Gasteiger partial charge is 0.238 e.